The van der Waals surface area contributed by atoms with Gasteiger partial charge in [0, 0.05) is 32.7 Å². The first-order chi connectivity index (χ1) is 7.65. The number of carbonyl (C=O) groups excluding carboxylic acids is 1. The Morgan fingerprint density at radius 1 is 1.69 bits per heavy atom. The summed E-state index contributed by atoms with van der Waals surface area (Å²) in [6.07, 6.45) is 2.47. The molecule has 0 aliphatic carbocycles. The number of ether oxygens (including phenoxy) is 1. The molecule has 0 aliphatic heterocycles. The monoisotopic (exact) mass is 225 g/mol. The van der Waals surface area contributed by atoms with Gasteiger partial charge in [0.15, 0.2) is 0 Å². The first-order valence-electron chi connectivity index (χ1n) is 5.27. The average molecular weight is 225 g/mol. The summed E-state index contributed by atoms with van der Waals surface area (Å²) >= 11 is 0. The second-order valence-electron chi connectivity index (χ2n) is 3.72. The van der Waals surface area contributed by atoms with E-state index in [9.17, 15) is 4.79 Å². The van der Waals surface area contributed by atoms with Crippen molar-refractivity contribution in [2.75, 3.05) is 13.7 Å². The number of carbonyl (C=O) groups is 1. The number of hydrogen-bond acceptors (Lipinski definition) is 3. The van der Waals surface area contributed by atoms with Crippen LogP contribution < -0.4 is 11.1 Å². The van der Waals surface area contributed by atoms with Crippen LogP contribution in [0.25, 0.3) is 0 Å². The molecule has 1 atom stereocenters. The summed E-state index contributed by atoms with van der Waals surface area (Å²) in [5.41, 5.74) is 6.73. The number of nitrogens with one attached hydrogen (secondary N) is 1. The Bertz CT molecular complexity index is 336. The molecule has 0 spiro atoms. The average Bonchev–Trinajstić information content (AvgIpc) is 2.68. The zero-order valence-electron chi connectivity index (χ0n) is 9.77. The van der Waals surface area contributed by atoms with E-state index in [1.807, 2.05) is 29.9 Å². The van der Waals surface area contributed by atoms with Gasteiger partial charge in [-0.3, -0.25) is 4.79 Å². The standard InChI is InChI=1S/C11H19N3O2/c1-14-6-3-4-9(14)8-13-11(15)10(12)5-7-16-2/h3-4,6,10H,5,7-8,12H2,1-2H3,(H,13,15). The summed E-state index contributed by atoms with van der Waals surface area (Å²) in [7, 11) is 3.53. The van der Waals surface area contributed by atoms with E-state index in [2.05, 4.69) is 5.32 Å². The molecule has 1 aromatic heterocycles. The van der Waals surface area contributed by atoms with Crippen molar-refractivity contribution in [3.63, 3.8) is 0 Å². The fourth-order valence-corrected chi connectivity index (χ4v) is 1.36. The first kappa shape index (κ1) is 12.7. The fraction of sp³-hybridized carbons (Fsp3) is 0.545. The van der Waals surface area contributed by atoms with Crippen molar-refractivity contribution in [1.82, 2.24) is 9.88 Å². The lowest BCUT2D eigenvalue weighted by Gasteiger charge is -2.12. The molecule has 0 fully saturated rings. The van der Waals surface area contributed by atoms with Crippen LogP contribution in [-0.4, -0.2) is 30.2 Å². The molecule has 5 nitrogen and oxygen atoms in total. The van der Waals surface area contributed by atoms with Gasteiger partial charge in [-0.25, -0.2) is 0 Å². The van der Waals surface area contributed by atoms with Crippen molar-refractivity contribution in [2.45, 2.75) is 19.0 Å². The number of methoxy groups -OCH3 is 1. The lowest BCUT2D eigenvalue weighted by Crippen LogP contribution is -2.41. The van der Waals surface area contributed by atoms with Gasteiger partial charge in [0.1, 0.15) is 0 Å². The number of amides is 1. The SMILES string of the molecule is COCCC(N)C(=O)NCc1cccn1C. The molecule has 0 aliphatic rings. The van der Waals surface area contributed by atoms with Crippen molar-refractivity contribution in [3.8, 4) is 0 Å². The van der Waals surface area contributed by atoms with Gasteiger partial charge in [-0.15, -0.1) is 0 Å². The van der Waals surface area contributed by atoms with Crippen molar-refractivity contribution in [2.24, 2.45) is 12.8 Å². The highest BCUT2D eigenvalue weighted by atomic mass is 16.5. The highest BCUT2D eigenvalue weighted by Crippen LogP contribution is 1.99. The quantitative estimate of drug-likeness (QED) is 0.716. The second kappa shape index (κ2) is 6.30. The number of aromatic nitrogens is 1. The number of nitrogens with two attached hydrogens (primary N) is 1. The van der Waals surface area contributed by atoms with Crippen molar-refractivity contribution >= 4 is 5.91 Å². The Morgan fingerprint density at radius 3 is 3.00 bits per heavy atom. The maximum absolute atomic E-state index is 11.6. The third kappa shape index (κ3) is 3.67. The van der Waals surface area contributed by atoms with Crippen LogP contribution in [0.15, 0.2) is 18.3 Å². The van der Waals surface area contributed by atoms with Gasteiger partial charge < -0.3 is 20.4 Å². The molecule has 1 amide bonds. The number of nitrogens with zero attached hydrogens (tertiary/aromatic N) is 1. The van der Waals surface area contributed by atoms with Gasteiger partial charge in [0.2, 0.25) is 5.91 Å². The molecule has 16 heavy (non-hydrogen) atoms. The van der Waals surface area contributed by atoms with Crippen molar-refractivity contribution in [3.05, 3.63) is 24.0 Å². The van der Waals surface area contributed by atoms with E-state index in [4.69, 9.17) is 10.5 Å². The molecule has 90 valence electrons. The van der Waals surface area contributed by atoms with E-state index in [1.165, 1.54) is 0 Å². The smallest absolute Gasteiger partial charge is 0.237 e. The zero-order chi connectivity index (χ0) is 12.0. The molecule has 0 radical (unpaired) electrons. The van der Waals surface area contributed by atoms with Crippen LogP contribution in [0, 0.1) is 0 Å². The topological polar surface area (TPSA) is 69.3 Å². The van der Waals surface area contributed by atoms with Crippen molar-refractivity contribution in [1.29, 1.82) is 0 Å². The molecule has 0 aromatic carbocycles. The normalized spacial score (nSPS) is 12.4. The summed E-state index contributed by atoms with van der Waals surface area (Å²) in [5, 5.41) is 2.79. The lowest BCUT2D eigenvalue weighted by atomic mass is 10.2. The molecule has 0 saturated heterocycles. The summed E-state index contributed by atoms with van der Waals surface area (Å²) in [6.45, 7) is 1.00. The van der Waals surface area contributed by atoms with Gasteiger partial charge in [0.05, 0.1) is 12.6 Å². The van der Waals surface area contributed by atoms with E-state index < -0.39 is 6.04 Å². The zero-order valence-corrected chi connectivity index (χ0v) is 9.77. The van der Waals surface area contributed by atoms with Crippen LogP contribution in [0.3, 0.4) is 0 Å². The van der Waals surface area contributed by atoms with Gasteiger partial charge >= 0.3 is 0 Å². The molecule has 1 rings (SSSR count). The molecule has 1 unspecified atom stereocenters. The van der Waals surface area contributed by atoms with Crippen LogP contribution in [0.4, 0.5) is 0 Å². The molecule has 1 heterocycles. The van der Waals surface area contributed by atoms with Gasteiger partial charge in [-0.1, -0.05) is 0 Å². The van der Waals surface area contributed by atoms with Crippen LogP contribution in [-0.2, 0) is 23.1 Å². The summed E-state index contributed by atoms with van der Waals surface area (Å²) < 4.78 is 6.83. The van der Waals surface area contributed by atoms with Crippen LogP contribution >= 0.6 is 0 Å². The number of aryl methyl sites for hydroxylation is 1. The fourth-order valence-electron chi connectivity index (χ4n) is 1.36. The summed E-state index contributed by atoms with van der Waals surface area (Å²) in [5.74, 6) is -0.141. The predicted octanol–water partition coefficient (Wildman–Crippen LogP) is 0.00510. The Balaban J connectivity index is 2.32. The Kier molecular flexibility index (Phi) is 5.01. The second-order valence-corrected chi connectivity index (χ2v) is 3.72. The Labute approximate surface area is 95.6 Å². The summed E-state index contributed by atoms with van der Waals surface area (Å²) in [6, 6.07) is 3.40. The predicted molar refractivity (Wildman–Crippen MR) is 61.7 cm³/mol. The molecule has 3 N–H and O–H groups in total. The maximum Gasteiger partial charge on any atom is 0.237 e. The van der Waals surface area contributed by atoms with Gasteiger partial charge in [-0.05, 0) is 18.6 Å². The minimum Gasteiger partial charge on any atom is -0.385 e. The number of rotatable bonds is 6. The number of hydrogen-bond donors (Lipinski definition) is 2. The maximum atomic E-state index is 11.6. The van der Waals surface area contributed by atoms with Crippen LogP contribution in [0.5, 0.6) is 0 Å². The molecular formula is C11H19N3O2. The molecular weight excluding hydrogens is 206 g/mol. The van der Waals surface area contributed by atoms with E-state index in [0.29, 0.717) is 19.6 Å². The molecule has 1 aromatic rings. The van der Waals surface area contributed by atoms with E-state index in [-0.39, 0.29) is 5.91 Å². The minimum absolute atomic E-state index is 0.141. The van der Waals surface area contributed by atoms with E-state index in [1.54, 1.807) is 7.11 Å². The Morgan fingerprint density at radius 2 is 2.44 bits per heavy atom. The van der Waals surface area contributed by atoms with Crippen molar-refractivity contribution < 1.29 is 9.53 Å². The highest BCUT2D eigenvalue weighted by molar-refractivity contribution is 5.81. The highest BCUT2D eigenvalue weighted by Gasteiger charge is 2.12. The van der Waals surface area contributed by atoms with Crippen LogP contribution in [0.1, 0.15) is 12.1 Å². The molecule has 0 saturated carbocycles. The van der Waals surface area contributed by atoms with Gasteiger partial charge in [0.25, 0.3) is 0 Å². The van der Waals surface area contributed by atoms with E-state index >= 15 is 0 Å². The van der Waals surface area contributed by atoms with Crippen LogP contribution in [0.2, 0.25) is 0 Å². The minimum atomic E-state index is -0.500. The first-order valence-corrected chi connectivity index (χ1v) is 5.27. The molecule has 0 bridgehead atoms. The Hall–Kier alpha value is -1.33. The third-order valence-electron chi connectivity index (χ3n) is 2.46. The molecule has 5 heteroatoms. The summed E-state index contributed by atoms with van der Waals surface area (Å²) in [4.78, 5) is 11.6. The largest absolute Gasteiger partial charge is 0.385 e. The van der Waals surface area contributed by atoms with Gasteiger partial charge in [-0.2, -0.15) is 0 Å². The third-order valence-corrected chi connectivity index (χ3v) is 2.46. The lowest BCUT2D eigenvalue weighted by molar-refractivity contribution is -0.122. The van der Waals surface area contributed by atoms with E-state index in [0.717, 1.165) is 5.69 Å².